The van der Waals surface area contributed by atoms with Gasteiger partial charge in [0.2, 0.25) is 0 Å². The Morgan fingerprint density at radius 2 is 2.22 bits per heavy atom. The largest absolute Gasteiger partial charge is 0.492 e. The molecule has 0 fully saturated rings. The SMILES string of the molecule is CC1COc2cc(-c3ccco3)ccc2C1=NO. The molecular formula is C14H13NO3. The van der Waals surface area contributed by atoms with Crippen molar-refractivity contribution in [1.29, 1.82) is 0 Å². The second-order valence-electron chi connectivity index (χ2n) is 4.39. The lowest BCUT2D eigenvalue weighted by Crippen LogP contribution is -2.26. The van der Waals surface area contributed by atoms with Crippen molar-refractivity contribution in [2.75, 3.05) is 6.61 Å². The van der Waals surface area contributed by atoms with E-state index < -0.39 is 0 Å². The van der Waals surface area contributed by atoms with Crippen LogP contribution in [0.5, 0.6) is 5.75 Å². The Kier molecular flexibility index (Phi) is 2.55. The van der Waals surface area contributed by atoms with Crippen LogP contribution in [0.25, 0.3) is 11.3 Å². The highest BCUT2D eigenvalue weighted by atomic mass is 16.5. The fraction of sp³-hybridized carbons (Fsp3) is 0.214. The highest BCUT2D eigenvalue weighted by Crippen LogP contribution is 2.32. The normalized spacial score (nSPS) is 20.5. The summed E-state index contributed by atoms with van der Waals surface area (Å²) in [6.45, 7) is 2.49. The lowest BCUT2D eigenvalue weighted by Gasteiger charge is -2.23. The van der Waals surface area contributed by atoms with Gasteiger partial charge in [-0.2, -0.15) is 0 Å². The topological polar surface area (TPSA) is 55.0 Å². The Labute approximate surface area is 104 Å². The van der Waals surface area contributed by atoms with Gasteiger partial charge in [0.1, 0.15) is 11.5 Å². The summed E-state index contributed by atoms with van der Waals surface area (Å²) in [5.41, 5.74) is 2.46. The van der Waals surface area contributed by atoms with E-state index in [2.05, 4.69) is 5.16 Å². The molecule has 1 N–H and O–H groups in total. The number of rotatable bonds is 1. The zero-order valence-electron chi connectivity index (χ0n) is 9.96. The minimum absolute atomic E-state index is 0.0944. The first-order valence-corrected chi connectivity index (χ1v) is 5.82. The molecular weight excluding hydrogens is 230 g/mol. The first-order valence-electron chi connectivity index (χ1n) is 5.82. The summed E-state index contributed by atoms with van der Waals surface area (Å²) in [5.74, 6) is 1.62. The van der Waals surface area contributed by atoms with E-state index in [9.17, 15) is 0 Å². The van der Waals surface area contributed by atoms with Crippen molar-refractivity contribution in [2.24, 2.45) is 11.1 Å². The standard InChI is InChI=1S/C14H13NO3/c1-9-8-18-13-7-10(12-3-2-6-17-12)4-5-11(13)14(9)15-16/h2-7,9,16H,8H2,1H3. The fourth-order valence-corrected chi connectivity index (χ4v) is 2.16. The van der Waals surface area contributed by atoms with Crippen LogP contribution in [0.2, 0.25) is 0 Å². The number of hydrogen-bond acceptors (Lipinski definition) is 4. The molecule has 1 aromatic carbocycles. The molecule has 1 aliphatic rings. The van der Waals surface area contributed by atoms with Crippen LogP contribution in [0.1, 0.15) is 12.5 Å². The number of fused-ring (bicyclic) bond motifs is 1. The number of furan rings is 1. The highest BCUT2D eigenvalue weighted by molar-refractivity contribution is 6.05. The van der Waals surface area contributed by atoms with Crippen molar-refractivity contribution in [3.8, 4) is 17.1 Å². The summed E-state index contributed by atoms with van der Waals surface area (Å²) in [6, 6.07) is 9.49. The van der Waals surface area contributed by atoms with Crippen molar-refractivity contribution in [3.05, 3.63) is 42.2 Å². The Bertz CT molecular complexity index is 587. The van der Waals surface area contributed by atoms with Crippen LogP contribution in [0.3, 0.4) is 0 Å². The molecule has 0 saturated heterocycles. The molecule has 92 valence electrons. The van der Waals surface area contributed by atoms with E-state index in [-0.39, 0.29) is 5.92 Å². The summed E-state index contributed by atoms with van der Waals surface area (Å²) < 4.78 is 11.0. The predicted octanol–water partition coefficient (Wildman–Crippen LogP) is 3.15. The van der Waals surface area contributed by atoms with Crippen LogP contribution in [0, 0.1) is 5.92 Å². The van der Waals surface area contributed by atoms with Gasteiger partial charge in [-0.3, -0.25) is 0 Å². The van der Waals surface area contributed by atoms with Crippen LogP contribution in [-0.4, -0.2) is 17.5 Å². The zero-order chi connectivity index (χ0) is 12.5. The third-order valence-electron chi connectivity index (χ3n) is 3.13. The van der Waals surface area contributed by atoms with E-state index >= 15 is 0 Å². The van der Waals surface area contributed by atoms with Crippen molar-refractivity contribution >= 4 is 5.71 Å². The Morgan fingerprint density at radius 1 is 1.33 bits per heavy atom. The predicted molar refractivity (Wildman–Crippen MR) is 67.1 cm³/mol. The molecule has 2 heterocycles. The first kappa shape index (κ1) is 10.9. The average Bonchev–Trinajstić information content (AvgIpc) is 2.92. The second kappa shape index (κ2) is 4.22. The molecule has 4 heteroatoms. The maximum absolute atomic E-state index is 9.08. The lowest BCUT2D eigenvalue weighted by atomic mass is 9.94. The molecule has 3 rings (SSSR count). The first-order chi connectivity index (χ1) is 8.79. The fourth-order valence-electron chi connectivity index (χ4n) is 2.16. The van der Waals surface area contributed by atoms with Gasteiger partial charge in [-0.05, 0) is 24.3 Å². The molecule has 4 nitrogen and oxygen atoms in total. The van der Waals surface area contributed by atoms with Gasteiger partial charge in [-0.1, -0.05) is 18.1 Å². The van der Waals surface area contributed by atoms with E-state index in [4.69, 9.17) is 14.4 Å². The Hall–Kier alpha value is -2.23. The van der Waals surface area contributed by atoms with Gasteiger partial charge in [0.05, 0.1) is 18.6 Å². The van der Waals surface area contributed by atoms with Gasteiger partial charge in [0.15, 0.2) is 0 Å². The molecule has 0 aliphatic carbocycles. The van der Waals surface area contributed by atoms with Gasteiger partial charge in [-0.25, -0.2) is 0 Å². The highest BCUT2D eigenvalue weighted by Gasteiger charge is 2.24. The summed E-state index contributed by atoms with van der Waals surface area (Å²) >= 11 is 0. The maximum atomic E-state index is 9.08. The number of nitrogens with zero attached hydrogens (tertiary/aromatic N) is 1. The van der Waals surface area contributed by atoms with Gasteiger partial charge in [-0.15, -0.1) is 0 Å². The minimum atomic E-state index is 0.0944. The van der Waals surface area contributed by atoms with Gasteiger partial charge >= 0.3 is 0 Å². The monoisotopic (exact) mass is 243 g/mol. The third kappa shape index (κ3) is 1.66. The quantitative estimate of drug-likeness (QED) is 0.618. The number of benzene rings is 1. The van der Waals surface area contributed by atoms with Crippen LogP contribution in [-0.2, 0) is 0 Å². The summed E-state index contributed by atoms with van der Waals surface area (Å²) in [4.78, 5) is 0. The van der Waals surface area contributed by atoms with E-state index in [1.807, 2.05) is 37.3 Å². The van der Waals surface area contributed by atoms with Crippen LogP contribution < -0.4 is 4.74 Å². The second-order valence-corrected chi connectivity index (χ2v) is 4.39. The molecule has 0 radical (unpaired) electrons. The van der Waals surface area contributed by atoms with Crippen LogP contribution >= 0.6 is 0 Å². The molecule has 0 amide bonds. The lowest BCUT2D eigenvalue weighted by molar-refractivity contribution is 0.268. The number of ether oxygens (including phenoxy) is 1. The molecule has 0 saturated carbocycles. The van der Waals surface area contributed by atoms with Crippen molar-refractivity contribution in [2.45, 2.75) is 6.92 Å². The van der Waals surface area contributed by atoms with Crippen molar-refractivity contribution < 1.29 is 14.4 Å². The molecule has 18 heavy (non-hydrogen) atoms. The van der Waals surface area contributed by atoms with E-state index in [0.29, 0.717) is 12.3 Å². The van der Waals surface area contributed by atoms with E-state index in [0.717, 1.165) is 22.6 Å². The Balaban J connectivity index is 2.07. The van der Waals surface area contributed by atoms with Gasteiger partial charge in [0.25, 0.3) is 0 Å². The molecule has 0 bridgehead atoms. The zero-order valence-corrected chi connectivity index (χ0v) is 9.96. The van der Waals surface area contributed by atoms with E-state index in [1.54, 1.807) is 6.26 Å². The molecule has 1 unspecified atom stereocenters. The summed E-state index contributed by atoms with van der Waals surface area (Å²) in [5, 5.41) is 12.5. The molecule has 1 atom stereocenters. The molecule has 1 aliphatic heterocycles. The molecule has 2 aromatic rings. The number of oxime groups is 1. The Morgan fingerprint density at radius 3 is 2.94 bits per heavy atom. The van der Waals surface area contributed by atoms with Crippen molar-refractivity contribution in [3.63, 3.8) is 0 Å². The summed E-state index contributed by atoms with van der Waals surface area (Å²) in [6.07, 6.45) is 1.64. The smallest absolute Gasteiger partial charge is 0.133 e. The average molecular weight is 243 g/mol. The van der Waals surface area contributed by atoms with Gasteiger partial charge in [0, 0.05) is 17.0 Å². The summed E-state index contributed by atoms with van der Waals surface area (Å²) in [7, 11) is 0. The molecule has 1 aromatic heterocycles. The number of hydrogen-bond donors (Lipinski definition) is 1. The third-order valence-corrected chi connectivity index (χ3v) is 3.13. The van der Waals surface area contributed by atoms with Crippen LogP contribution in [0.4, 0.5) is 0 Å². The molecule has 0 spiro atoms. The van der Waals surface area contributed by atoms with E-state index in [1.165, 1.54) is 0 Å². The maximum Gasteiger partial charge on any atom is 0.133 e. The minimum Gasteiger partial charge on any atom is -0.492 e. The van der Waals surface area contributed by atoms with Gasteiger partial charge < -0.3 is 14.4 Å². The van der Waals surface area contributed by atoms with Crippen LogP contribution in [0.15, 0.2) is 46.2 Å². The van der Waals surface area contributed by atoms with Crippen molar-refractivity contribution in [1.82, 2.24) is 0 Å².